The van der Waals surface area contributed by atoms with Crippen LogP contribution >= 0.6 is 0 Å². The summed E-state index contributed by atoms with van der Waals surface area (Å²) in [5.74, 6) is 0.0462. The SMILES string of the molecule is C[C@@H]1CN([C@@H](C)CO)C(=O)Cc2cc(NS(C)(=O)=O)ccc2O[C@@H]1CN(C)C(=O)Nc1ccccc1. The predicted molar refractivity (Wildman–Crippen MR) is 139 cm³/mol. The molecule has 1 aliphatic rings. The first-order valence-corrected chi connectivity index (χ1v) is 13.6. The number of hydrogen-bond acceptors (Lipinski definition) is 6. The molecular weight excluding hydrogens is 484 g/mol. The summed E-state index contributed by atoms with van der Waals surface area (Å²) >= 11 is 0. The molecule has 10 nitrogen and oxygen atoms in total. The number of sulfonamides is 1. The highest BCUT2D eigenvalue weighted by Gasteiger charge is 2.32. The van der Waals surface area contributed by atoms with Crippen LogP contribution in [-0.2, 0) is 21.2 Å². The highest BCUT2D eigenvalue weighted by Crippen LogP contribution is 2.29. The third-order valence-corrected chi connectivity index (χ3v) is 6.65. The van der Waals surface area contributed by atoms with Crippen LogP contribution in [0.3, 0.4) is 0 Å². The van der Waals surface area contributed by atoms with Crippen molar-refractivity contribution in [1.82, 2.24) is 9.80 Å². The lowest BCUT2D eigenvalue weighted by Gasteiger charge is -2.34. The van der Waals surface area contributed by atoms with Crippen molar-refractivity contribution in [2.75, 3.05) is 43.0 Å². The Morgan fingerprint density at radius 3 is 2.56 bits per heavy atom. The molecule has 0 spiro atoms. The molecule has 3 N–H and O–H groups in total. The number of benzene rings is 2. The van der Waals surface area contributed by atoms with Gasteiger partial charge in [0.05, 0.1) is 31.9 Å². The zero-order chi connectivity index (χ0) is 26.5. The van der Waals surface area contributed by atoms with E-state index < -0.39 is 22.2 Å². The number of nitrogens with one attached hydrogen (secondary N) is 2. The summed E-state index contributed by atoms with van der Waals surface area (Å²) in [5.41, 5.74) is 1.50. The number of anilines is 2. The van der Waals surface area contributed by atoms with Gasteiger partial charge in [-0.2, -0.15) is 0 Å². The quantitative estimate of drug-likeness (QED) is 0.516. The van der Waals surface area contributed by atoms with E-state index in [0.29, 0.717) is 29.2 Å². The molecule has 0 bridgehead atoms. The molecule has 0 saturated carbocycles. The molecular formula is C25H34N4O6S. The normalized spacial score (nSPS) is 19.1. The zero-order valence-corrected chi connectivity index (χ0v) is 21.8. The molecule has 0 aliphatic carbocycles. The van der Waals surface area contributed by atoms with Gasteiger partial charge < -0.3 is 25.0 Å². The van der Waals surface area contributed by atoms with E-state index in [0.717, 1.165) is 6.26 Å². The Morgan fingerprint density at radius 1 is 1.22 bits per heavy atom. The van der Waals surface area contributed by atoms with Crippen LogP contribution in [0.2, 0.25) is 0 Å². The van der Waals surface area contributed by atoms with E-state index in [1.165, 1.54) is 4.90 Å². The van der Waals surface area contributed by atoms with Crippen molar-refractivity contribution >= 4 is 33.3 Å². The van der Waals surface area contributed by atoms with Gasteiger partial charge in [0.15, 0.2) is 0 Å². The number of rotatable bonds is 7. The molecule has 0 fully saturated rings. The molecule has 3 rings (SSSR count). The Labute approximate surface area is 212 Å². The minimum Gasteiger partial charge on any atom is -0.488 e. The lowest BCUT2D eigenvalue weighted by molar-refractivity contribution is -0.134. The Hall–Kier alpha value is -3.31. The number of likely N-dealkylation sites (N-methyl/N-ethyl adjacent to an activating group) is 1. The van der Waals surface area contributed by atoms with Gasteiger partial charge in [-0.05, 0) is 37.3 Å². The van der Waals surface area contributed by atoms with Gasteiger partial charge in [0, 0.05) is 36.4 Å². The standard InChI is InChI=1S/C25H34N4O6S/c1-17-14-29(18(2)16-30)24(31)13-19-12-21(27-36(4,33)34)10-11-22(19)35-23(17)15-28(3)25(32)26-20-8-6-5-7-9-20/h5-12,17-18,23,27,30H,13-16H2,1-4H3,(H,26,32)/t17-,18+,23-/m1/s1. The van der Waals surface area contributed by atoms with Crippen LogP contribution < -0.4 is 14.8 Å². The van der Waals surface area contributed by atoms with Crippen LogP contribution in [-0.4, -0.2) is 80.4 Å². The molecule has 196 valence electrons. The fourth-order valence-electron chi connectivity index (χ4n) is 4.02. The molecule has 3 atom stereocenters. The van der Waals surface area contributed by atoms with Crippen LogP contribution in [0.15, 0.2) is 48.5 Å². The van der Waals surface area contributed by atoms with Crippen molar-refractivity contribution in [2.45, 2.75) is 32.4 Å². The number of carbonyl (C=O) groups is 2. The van der Waals surface area contributed by atoms with E-state index in [1.54, 1.807) is 49.2 Å². The third kappa shape index (κ3) is 7.34. The number of hydrogen-bond donors (Lipinski definition) is 3. The smallest absolute Gasteiger partial charge is 0.321 e. The maximum Gasteiger partial charge on any atom is 0.321 e. The number of urea groups is 1. The van der Waals surface area contributed by atoms with E-state index in [4.69, 9.17) is 4.74 Å². The second-order valence-electron chi connectivity index (χ2n) is 9.26. The van der Waals surface area contributed by atoms with Crippen molar-refractivity contribution in [1.29, 1.82) is 0 Å². The Balaban J connectivity index is 1.90. The van der Waals surface area contributed by atoms with Crippen molar-refractivity contribution < 1.29 is 27.9 Å². The minimum atomic E-state index is -3.51. The van der Waals surface area contributed by atoms with Gasteiger partial charge in [0.25, 0.3) is 0 Å². The van der Waals surface area contributed by atoms with E-state index in [-0.39, 0.29) is 37.4 Å². The summed E-state index contributed by atoms with van der Waals surface area (Å²) in [6.45, 7) is 4.05. The van der Waals surface area contributed by atoms with Gasteiger partial charge in [-0.15, -0.1) is 0 Å². The molecule has 1 aliphatic heterocycles. The summed E-state index contributed by atoms with van der Waals surface area (Å²) in [5, 5.41) is 12.6. The van der Waals surface area contributed by atoms with E-state index >= 15 is 0 Å². The van der Waals surface area contributed by atoms with E-state index in [2.05, 4.69) is 10.0 Å². The van der Waals surface area contributed by atoms with E-state index in [1.807, 2.05) is 25.1 Å². The second-order valence-corrected chi connectivity index (χ2v) is 11.0. The van der Waals surface area contributed by atoms with Gasteiger partial charge in [-0.1, -0.05) is 25.1 Å². The molecule has 1 heterocycles. The van der Waals surface area contributed by atoms with Crippen LogP contribution in [0.25, 0.3) is 0 Å². The largest absolute Gasteiger partial charge is 0.488 e. The van der Waals surface area contributed by atoms with Crippen molar-refractivity contribution in [3.63, 3.8) is 0 Å². The Kier molecular flexibility index (Phi) is 8.80. The topological polar surface area (TPSA) is 128 Å². The zero-order valence-electron chi connectivity index (χ0n) is 21.0. The molecule has 3 amide bonds. The third-order valence-electron chi connectivity index (χ3n) is 6.05. The second kappa shape index (κ2) is 11.6. The Bertz CT molecular complexity index is 1170. The highest BCUT2D eigenvalue weighted by molar-refractivity contribution is 7.92. The number of aliphatic hydroxyl groups excluding tert-OH is 1. The summed E-state index contributed by atoms with van der Waals surface area (Å²) < 4.78 is 32.2. The van der Waals surface area contributed by atoms with E-state index in [9.17, 15) is 23.1 Å². The number of fused-ring (bicyclic) bond motifs is 1. The molecule has 0 aromatic heterocycles. The van der Waals surface area contributed by atoms with Gasteiger partial charge >= 0.3 is 6.03 Å². The average Bonchev–Trinajstić information content (AvgIpc) is 2.86. The predicted octanol–water partition coefficient (Wildman–Crippen LogP) is 2.37. The number of ether oxygens (including phenoxy) is 1. The van der Waals surface area contributed by atoms with Gasteiger partial charge in [0.2, 0.25) is 15.9 Å². The monoisotopic (exact) mass is 518 g/mol. The first kappa shape index (κ1) is 27.3. The highest BCUT2D eigenvalue weighted by atomic mass is 32.2. The number of para-hydroxylation sites is 1. The average molecular weight is 519 g/mol. The number of nitrogens with zero attached hydrogens (tertiary/aromatic N) is 2. The molecule has 0 radical (unpaired) electrons. The van der Waals surface area contributed by atoms with Crippen molar-refractivity contribution in [3.8, 4) is 5.75 Å². The fourth-order valence-corrected chi connectivity index (χ4v) is 4.57. The van der Waals surface area contributed by atoms with Crippen LogP contribution in [0, 0.1) is 5.92 Å². The minimum absolute atomic E-state index is 0.0251. The summed E-state index contributed by atoms with van der Waals surface area (Å²) in [4.78, 5) is 29.1. The summed E-state index contributed by atoms with van der Waals surface area (Å²) in [7, 11) is -1.84. The molecule has 2 aromatic rings. The maximum atomic E-state index is 13.2. The molecule has 0 unspecified atom stereocenters. The van der Waals surface area contributed by atoms with Gasteiger partial charge in [-0.25, -0.2) is 13.2 Å². The first-order chi connectivity index (χ1) is 17.0. The fraction of sp³-hybridized carbons (Fsp3) is 0.440. The lowest BCUT2D eigenvalue weighted by Crippen LogP contribution is -2.48. The van der Waals surface area contributed by atoms with Crippen molar-refractivity contribution in [3.05, 3.63) is 54.1 Å². The molecule has 0 saturated heterocycles. The van der Waals surface area contributed by atoms with Crippen LogP contribution in [0.1, 0.15) is 19.4 Å². The Morgan fingerprint density at radius 2 is 1.92 bits per heavy atom. The van der Waals surface area contributed by atoms with Crippen molar-refractivity contribution in [2.24, 2.45) is 5.92 Å². The maximum absolute atomic E-state index is 13.2. The summed E-state index contributed by atoms with van der Waals surface area (Å²) in [6.07, 6.45) is 0.543. The van der Waals surface area contributed by atoms with Crippen LogP contribution in [0.4, 0.5) is 16.2 Å². The van der Waals surface area contributed by atoms with Gasteiger partial charge in [0.1, 0.15) is 11.9 Å². The molecule has 36 heavy (non-hydrogen) atoms. The summed E-state index contributed by atoms with van der Waals surface area (Å²) in [6, 6.07) is 13.2. The number of amides is 3. The number of aliphatic hydroxyl groups is 1. The first-order valence-electron chi connectivity index (χ1n) is 11.7. The molecule has 11 heteroatoms. The molecule has 2 aromatic carbocycles. The van der Waals surface area contributed by atoms with Crippen LogP contribution in [0.5, 0.6) is 5.75 Å². The number of carbonyl (C=O) groups excluding carboxylic acids is 2. The lowest BCUT2D eigenvalue weighted by atomic mass is 10.0. The van der Waals surface area contributed by atoms with Gasteiger partial charge in [-0.3, -0.25) is 9.52 Å².